The van der Waals surface area contributed by atoms with E-state index in [4.69, 9.17) is 4.74 Å². The molecule has 1 N–H and O–H groups in total. The number of carbonyl (C=O) groups is 2. The molecular formula is C18H14F3N3O7. The number of amides is 1. The number of nitrogens with one attached hydrogen (secondary N) is 1. The molecule has 0 saturated heterocycles. The maximum Gasteiger partial charge on any atom is 0.418 e. The third-order valence-corrected chi connectivity index (χ3v) is 4.07. The molecule has 10 nitrogen and oxygen atoms in total. The number of rotatable bonds is 6. The summed E-state index contributed by atoms with van der Waals surface area (Å²) in [6.45, 7) is 2.53. The summed E-state index contributed by atoms with van der Waals surface area (Å²) < 4.78 is 44.5. The van der Waals surface area contributed by atoms with Crippen LogP contribution < -0.4 is 5.32 Å². The quantitative estimate of drug-likeness (QED) is 0.405. The molecule has 2 aromatic rings. The van der Waals surface area contributed by atoms with Crippen LogP contribution in [0, 0.1) is 27.2 Å². The molecule has 0 saturated carbocycles. The molecule has 31 heavy (non-hydrogen) atoms. The van der Waals surface area contributed by atoms with Crippen LogP contribution in [0.15, 0.2) is 36.4 Å². The van der Waals surface area contributed by atoms with Gasteiger partial charge in [0.2, 0.25) is 0 Å². The molecule has 0 heterocycles. The Bertz CT molecular complexity index is 1070. The Morgan fingerprint density at radius 2 is 1.71 bits per heavy atom. The van der Waals surface area contributed by atoms with Crippen molar-refractivity contribution >= 4 is 28.9 Å². The zero-order chi connectivity index (χ0) is 23.5. The summed E-state index contributed by atoms with van der Waals surface area (Å²) in [7, 11) is 0. The van der Waals surface area contributed by atoms with E-state index < -0.39 is 50.9 Å². The van der Waals surface area contributed by atoms with Gasteiger partial charge < -0.3 is 10.1 Å². The first-order chi connectivity index (χ1) is 14.3. The maximum atomic E-state index is 13.2. The number of hydrogen-bond acceptors (Lipinski definition) is 7. The lowest BCUT2D eigenvalue weighted by atomic mass is 10.1. The smallest absolute Gasteiger partial charge is 0.418 e. The van der Waals surface area contributed by atoms with Crippen molar-refractivity contribution in [3.8, 4) is 0 Å². The molecule has 2 aromatic carbocycles. The number of nitrogens with zero attached hydrogens (tertiary/aromatic N) is 2. The van der Waals surface area contributed by atoms with Crippen LogP contribution in [0.3, 0.4) is 0 Å². The summed E-state index contributed by atoms with van der Waals surface area (Å²) in [4.78, 5) is 44.3. The first kappa shape index (κ1) is 23.3. The number of esters is 1. The van der Waals surface area contributed by atoms with Gasteiger partial charge in [-0.25, -0.2) is 4.79 Å². The number of aryl methyl sites for hydroxylation is 1. The van der Waals surface area contributed by atoms with Crippen LogP contribution in [0.25, 0.3) is 0 Å². The van der Waals surface area contributed by atoms with Gasteiger partial charge in [0.15, 0.2) is 6.10 Å². The summed E-state index contributed by atoms with van der Waals surface area (Å²) in [6, 6.07) is 5.21. The van der Waals surface area contributed by atoms with E-state index in [9.17, 15) is 43.0 Å². The second-order valence-electron chi connectivity index (χ2n) is 6.28. The molecule has 0 aliphatic heterocycles. The fourth-order valence-corrected chi connectivity index (χ4v) is 2.44. The number of ether oxygens (including phenoxy) is 1. The Hall–Kier alpha value is -4.03. The highest BCUT2D eigenvalue weighted by Gasteiger charge is 2.36. The van der Waals surface area contributed by atoms with Crippen LogP contribution in [0.5, 0.6) is 0 Å². The van der Waals surface area contributed by atoms with Crippen molar-refractivity contribution < 1.29 is 37.3 Å². The van der Waals surface area contributed by atoms with Crippen LogP contribution in [-0.2, 0) is 15.7 Å². The Labute approximate surface area is 171 Å². The summed E-state index contributed by atoms with van der Waals surface area (Å²) in [5.74, 6) is -2.25. The van der Waals surface area contributed by atoms with Gasteiger partial charge in [0.1, 0.15) is 0 Å². The summed E-state index contributed by atoms with van der Waals surface area (Å²) in [5.41, 5.74) is -3.36. The van der Waals surface area contributed by atoms with Gasteiger partial charge in [-0.05, 0) is 26.0 Å². The van der Waals surface area contributed by atoms with Crippen molar-refractivity contribution in [1.29, 1.82) is 0 Å². The first-order valence-electron chi connectivity index (χ1n) is 8.43. The van der Waals surface area contributed by atoms with Gasteiger partial charge in [0.05, 0.1) is 26.7 Å². The topological polar surface area (TPSA) is 142 Å². The number of carbonyl (C=O) groups excluding carboxylic acids is 2. The molecule has 0 aliphatic rings. The van der Waals surface area contributed by atoms with Gasteiger partial charge in [0, 0.05) is 23.8 Å². The number of benzene rings is 2. The summed E-state index contributed by atoms with van der Waals surface area (Å²) in [6.07, 6.45) is -6.58. The Morgan fingerprint density at radius 1 is 1.06 bits per heavy atom. The van der Waals surface area contributed by atoms with Crippen LogP contribution in [0.4, 0.5) is 30.2 Å². The summed E-state index contributed by atoms with van der Waals surface area (Å²) >= 11 is 0. The predicted molar refractivity (Wildman–Crippen MR) is 99.4 cm³/mol. The minimum atomic E-state index is -5.00. The van der Waals surface area contributed by atoms with Crippen LogP contribution in [-0.4, -0.2) is 27.8 Å². The van der Waals surface area contributed by atoms with Gasteiger partial charge >= 0.3 is 12.1 Å². The molecule has 13 heteroatoms. The van der Waals surface area contributed by atoms with E-state index in [0.29, 0.717) is 6.07 Å². The average molecular weight is 441 g/mol. The van der Waals surface area contributed by atoms with Gasteiger partial charge in [-0.15, -0.1) is 0 Å². The predicted octanol–water partition coefficient (Wildman–Crippen LogP) is 4.01. The van der Waals surface area contributed by atoms with Crippen molar-refractivity contribution in [3.05, 3.63) is 73.3 Å². The molecule has 0 aromatic heterocycles. The number of halogens is 3. The second kappa shape index (κ2) is 8.77. The normalized spacial score (nSPS) is 12.0. The number of non-ortho nitro benzene ring substituents is 1. The second-order valence-corrected chi connectivity index (χ2v) is 6.28. The fourth-order valence-electron chi connectivity index (χ4n) is 2.44. The molecule has 0 aliphatic carbocycles. The third-order valence-electron chi connectivity index (χ3n) is 4.07. The largest absolute Gasteiger partial charge is 0.449 e. The Balaban J connectivity index is 2.20. The number of nitro groups is 2. The standard InChI is InChI=1S/C18H14F3N3O7/c1-9-3-4-11(7-15(9)24(29)30)17(26)31-10(2)16(25)22-14-6-5-12(23(27)28)8-13(14)18(19,20)21/h3-8,10H,1-2H3,(H,22,25). The molecule has 0 radical (unpaired) electrons. The molecular weight excluding hydrogens is 427 g/mol. The number of hydrogen-bond donors (Lipinski definition) is 1. The van der Waals surface area contributed by atoms with Gasteiger partial charge in [0.25, 0.3) is 17.3 Å². The monoisotopic (exact) mass is 441 g/mol. The van der Waals surface area contributed by atoms with E-state index in [-0.39, 0.29) is 22.9 Å². The number of anilines is 1. The minimum absolute atomic E-state index is 0.233. The highest BCUT2D eigenvalue weighted by molar-refractivity contribution is 5.98. The van der Waals surface area contributed by atoms with E-state index in [1.54, 1.807) is 0 Å². The summed E-state index contributed by atoms with van der Waals surface area (Å²) in [5, 5.41) is 23.6. The zero-order valence-corrected chi connectivity index (χ0v) is 15.9. The average Bonchev–Trinajstić information content (AvgIpc) is 2.67. The molecule has 0 bridgehead atoms. The lowest BCUT2D eigenvalue weighted by molar-refractivity contribution is -0.385. The van der Waals surface area contributed by atoms with E-state index in [1.807, 2.05) is 5.32 Å². The number of alkyl halides is 3. The Morgan fingerprint density at radius 3 is 2.26 bits per heavy atom. The van der Waals surface area contributed by atoms with E-state index in [2.05, 4.69) is 0 Å². The van der Waals surface area contributed by atoms with Crippen LogP contribution >= 0.6 is 0 Å². The Kier molecular flexibility index (Phi) is 6.58. The van der Waals surface area contributed by atoms with Crippen molar-refractivity contribution in [2.45, 2.75) is 26.1 Å². The highest BCUT2D eigenvalue weighted by atomic mass is 19.4. The molecule has 164 valence electrons. The molecule has 1 amide bonds. The van der Waals surface area contributed by atoms with Crippen LogP contribution in [0.1, 0.15) is 28.4 Å². The van der Waals surface area contributed by atoms with E-state index in [0.717, 1.165) is 19.1 Å². The lowest BCUT2D eigenvalue weighted by Gasteiger charge is -2.17. The van der Waals surface area contributed by atoms with E-state index in [1.165, 1.54) is 19.1 Å². The highest BCUT2D eigenvalue weighted by Crippen LogP contribution is 2.37. The molecule has 1 unspecified atom stereocenters. The van der Waals surface area contributed by atoms with Crippen molar-refractivity contribution in [1.82, 2.24) is 0 Å². The van der Waals surface area contributed by atoms with Gasteiger partial charge in [-0.3, -0.25) is 25.0 Å². The third kappa shape index (κ3) is 5.52. The van der Waals surface area contributed by atoms with Crippen LogP contribution in [0.2, 0.25) is 0 Å². The lowest BCUT2D eigenvalue weighted by Crippen LogP contribution is -2.30. The molecule has 1 atom stereocenters. The van der Waals surface area contributed by atoms with Gasteiger partial charge in [-0.1, -0.05) is 6.07 Å². The number of nitro benzene ring substituents is 2. The first-order valence-corrected chi connectivity index (χ1v) is 8.43. The van der Waals surface area contributed by atoms with E-state index >= 15 is 0 Å². The molecule has 0 fully saturated rings. The minimum Gasteiger partial charge on any atom is -0.449 e. The van der Waals surface area contributed by atoms with Crippen molar-refractivity contribution in [2.24, 2.45) is 0 Å². The van der Waals surface area contributed by atoms with Gasteiger partial charge in [-0.2, -0.15) is 13.2 Å². The fraction of sp³-hybridized carbons (Fsp3) is 0.222. The van der Waals surface area contributed by atoms with Crippen molar-refractivity contribution in [3.63, 3.8) is 0 Å². The van der Waals surface area contributed by atoms with Crippen molar-refractivity contribution in [2.75, 3.05) is 5.32 Å². The maximum absolute atomic E-state index is 13.2. The molecule has 2 rings (SSSR count). The zero-order valence-electron chi connectivity index (χ0n) is 15.9. The molecule has 0 spiro atoms. The SMILES string of the molecule is Cc1ccc(C(=O)OC(C)C(=O)Nc2ccc([N+](=O)[O-])cc2C(F)(F)F)cc1[N+](=O)[O-].